The molecule has 0 atom stereocenters. The van der Waals surface area contributed by atoms with E-state index in [-0.39, 0.29) is 0 Å². The predicted octanol–water partition coefficient (Wildman–Crippen LogP) is 9.55. The van der Waals surface area contributed by atoms with Crippen LogP contribution < -0.4 is 0 Å². The molecule has 7 rings (SSSR count). The van der Waals surface area contributed by atoms with E-state index < -0.39 is 0 Å². The van der Waals surface area contributed by atoms with Gasteiger partial charge in [-0.2, -0.15) is 0 Å². The van der Waals surface area contributed by atoms with Crippen molar-refractivity contribution in [2.45, 2.75) is 6.92 Å². The van der Waals surface area contributed by atoms with Gasteiger partial charge in [-0.15, -0.1) is 11.3 Å². The van der Waals surface area contributed by atoms with Crippen LogP contribution in [0, 0.1) is 0 Å². The van der Waals surface area contributed by atoms with Crippen molar-refractivity contribution in [3.63, 3.8) is 0 Å². The Morgan fingerprint density at radius 2 is 1.23 bits per heavy atom. The minimum Gasteiger partial charge on any atom is -0.296 e. The number of nitrogens with zero attached hydrogens (tertiary/aromatic N) is 3. The molecule has 0 amide bonds. The zero-order chi connectivity index (χ0) is 26.3. The second kappa shape index (κ2) is 9.50. The molecule has 0 saturated carbocycles. The summed E-state index contributed by atoms with van der Waals surface area (Å²) < 4.78 is 4.86. The summed E-state index contributed by atoms with van der Waals surface area (Å²) in [5.41, 5.74) is 4.92. The fraction of sp³-hybridized carbons (Fsp3) is 0.0286. The summed E-state index contributed by atoms with van der Waals surface area (Å²) in [4.78, 5) is 10.1. The van der Waals surface area contributed by atoms with Gasteiger partial charge in [0, 0.05) is 31.8 Å². The standard InChI is InChI=1S/C35H25N3S/c1-23(25-13-5-3-6-14-25)36-35(26-15-7-4-8-16-26)37-24(2)38-31-19-11-9-17-27(31)29-21-22-30-28-18-10-12-20-32(28)39-34(30)33(29)38/h3-22H,1H2,2H3. The first-order valence-corrected chi connectivity index (χ1v) is 13.8. The van der Waals surface area contributed by atoms with Crippen LogP contribution in [0.5, 0.6) is 0 Å². The number of hydrogen-bond donors (Lipinski definition) is 0. The number of hydrogen-bond acceptors (Lipinski definition) is 2. The van der Waals surface area contributed by atoms with Crippen LogP contribution in [-0.2, 0) is 0 Å². The molecular weight excluding hydrogens is 494 g/mol. The number of aromatic nitrogens is 1. The lowest BCUT2D eigenvalue weighted by molar-refractivity contribution is 1.25. The van der Waals surface area contributed by atoms with Gasteiger partial charge in [0.1, 0.15) is 5.84 Å². The summed E-state index contributed by atoms with van der Waals surface area (Å²) in [7, 11) is 0. The van der Waals surface area contributed by atoms with E-state index in [2.05, 4.69) is 78.7 Å². The van der Waals surface area contributed by atoms with Gasteiger partial charge in [-0.1, -0.05) is 116 Å². The molecule has 0 bridgehead atoms. The molecule has 0 aliphatic rings. The smallest absolute Gasteiger partial charge is 0.161 e. The lowest BCUT2D eigenvalue weighted by Gasteiger charge is -2.10. The maximum Gasteiger partial charge on any atom is 0.161 e. The van der Waals surface area contributed by atoms with Crippen LogP contribution in [0.2, 0.25) is 0 Å². The average molecular weight is 520 g/mol. The van der Waals surface area contributed by atoms with Crippen molar-refractivity contribution < 1.29 is 0 Å². The molecule has 39 heavy (non-hydrogen) atoms. The number of thiophene rings is 1. The molecule has 0 radical (unpaired) electrons. The molecule has 0 unspecified atom stereocenters. The number of rotatable bonds is 3. The Bertz CT molecular complexity index is 2080. The minimum absolute atomic E-state index is 0.636. The molecule has 0 fully saturated rings. The van der Waals surface area contributed by atoms with E-state index in [0.29, 0.717) is 11.5 Å². The first kappa shape index (κ1) is 23.3. The third-order valence-corrected chi connectivity index (χ3v) is 8.34. The van der Waals surface area contributed by atoms with E-state index in [1.807, 2.05) is 72.0 Å². The zero-order valence-corrected chi connectivity index (χ0v) is 22.3. The molecule has 186 valence electrons. The quantitative estimate of drug-likeness (QED) is 0.164. The number of amidine groups is 1. The van der Waals surface area contributed by atoms with Crippen LogP contribution in [0.15, 0.2) is 138 Å². The molecule has 2 heterocycles. The summed E-state index contributed by atoms with van der Waals surface area (Å²) in [6.45, 7) is 6.33. The SMILES string of the molecule is C=C(N=C(N=C(C)n1c2ccccc2c2ccc3c4ccccc4sc3c21)c1ccccc1)c1ccccc1. The van der Waals surface area contributed by atoms with Gasteiger partial charge in [-0.25, -0.2) is 9.98 Å². The molecule has 0 aliphatic carbocycles. The molecule has 4 heteroatoms. The van der Waals surface area contributed by atoms with Crippen molar-refractivity contribution in [1.82, 2.24) is 4.57 Å². The maximum atomic E-state index is 5.19. The fourth-order valence-electron chi connectivity index (χ4n) is 5.33. The molecular formula is C35H25N3S. The van der Waals surface area contributed by atoms with Gasteiger partial charge < -0.3 is 0 Å². The molecule has 0 aliphatic heterocycles. The van der Waals surface area contributed by atoms with E-state index in [0.717, 1.165) is 22.5 Å². The summed E-state index contributed by atoms with van der Waals surface area (Å²) in [6, 6.07) is 41.9. The van der Waals surface area contributed by atoms with Crippen molar-refractivity contribution in [1.29, 1.82) is 0 Å². The van der Waals surface area contributed by atoms with Crippen molar-refractivity contribution in [2.24, 2.45) is 9.98 Å². The fourth-order valence-corrected chi connectivity index (χ4v) is 6.57. The van der Waals surface area contributed by atoms with Gasteiger partial charge in [0.05, 0.1) is 21.4 Å². The van der Waals surface area contributed by atoms with Gasteiger partial charge in [0.25, 0.3) is 0 Å². The Balaban J connectivity index is 1.50. The first-order chi connectivity index (χ1) is 19.2. The molecule has 7 aromatic rings. The molecule has 0 saturated heterocycles. The lowest BCUT2D eigenvalue weighted by Crippen LogP contribution is -2.11. The molecule has 2 aromatic heterocycles. The largest absolute Gasteiger partial charge is 0.296 e. The van der Waals surface area contributed by atoms with Crippen molar-refractivity contribution >= 4 is 70.7 Å². The van der Waals surface area contributed by atoms with Crippen LogP contribution in [0.3, 0.4) is 0 Å². The summed E-state index contributed by atoms with van der Waals surface area (Å²) >= 11 is 1.84. The van der Waals surface area contributed by atoms with Crippen molar-refractivity contribution in [3.8, 4) is 0 Å². The topological polar surface area (TPSA) is 29.6 Å². The monoisotopic (exact) mass is 519 g/mol. The van der Waals surface area contributed by atoms with Crippen LogP contribution in [0.1, 0.15) is 18.1 Å². The first-order valence-electron chi connectivity index (χ1n) is 13.0. The van der Waals surface area contributed by atoms with Crippen LogP contribution in [-0.4, -0.2) is 16.2 Å². The van der Waals surface area contributed by atoms with E-state index in [1.54, 1.807) is 0 Å². The average Bonchev–Trinajstić information content (AvgIpc) is 3.54. The Morgan fingerprint density at radius 1 is 0.615 bits per heavy atom. The highest BCUT2D eigenvalue weighted by molar-refractivity contribution is 7.26. The molecule has 5 aromatic carbocycles. The highest BCUT2D eigenvalue weighted by Gasteiger charge is 2.18. The predicted molar refractivity (Wildman–Crippen MR) is 169 cm³/mol. The summed E-state index contributed by atoms with van der Waals surface area (Å²) in [5.74, 6) is 1.49. The Kier molecular flexibility index (Phi) is 5.68. The van der Waals surface area contributed by atoms with Crippen LogP contribution >= 0.6 is 11.3 Å². The zero-order valence-electron chi connectivity index (χ0n) is 21.5. The van der Waals surface area contributed by atoms with Gasteiger partial charge in [0.15, 0.2) is 5.84 Å². The highest BCUT2D eigenvalue weighted by atomic mass is 32.1. The number of para-hydroxylation sites is 1. The molecule has 0 N–H and O–H groups in total. The second-order valence-electron chi connectivity index (χ2n) is 9.56. The van der Waals surface area contributed by atoms with E-state index in [1.165, 1.54) is 36.5 Å². The third-order valence-electron chi connectivity index (χ3n) is 7.15. The summed E-state index contributed by atoms with van der Waals surface area (Å²) in [5, 5.41) is 5.00. The van der Waals surface area contributed by atoms with E-state index in [9.17, 15) is 0 Å². The lowest BCUT2D eigenvalue weighted by atomic mass is 10.1. The maximum absolute atomic E-state index is 5.19. The van der Waals surface area contributed by atoms with Crippen molar-refractivity contribution in [3.05, 3.63) is 139 Å². The number of fused-ring (bicyclic) bond motifs is 7. The van der Waals surface area contributed by atoms with Gasteiger partial charge >= 0.3 is 0 Å². The molecule has 0 spiro atoms. The minimum atomic E-state index is 0.636. The highest BCUT2D eigenvalue weighted by Crippen LogP contribution is 2.41. The Labute approximate surface area is 230 Å². The van der Waals surface area contributed by atoms with E-state index >= 15 is 0 Å². The van der Waals surface area contributed by atoms with Crippen LogP contribution in [0.4, 0.5) is 0 Å². The van der Waals surface area contributed by atoms with Gasteiger partial charge in [0.2, 0.25) is 0 Å². The summed E-state index contributed by atoms with van der Waals surface area (Å²) in [6.07, 6.45) is 0. The third kappa shape index (κ3) is 3.97. The van der Waals surface area contributed by atoms with Crippen molar-refractivity contribution in [2.75, 3.05) is 0 Å². The van der Waals surface area contributed by atoms with Crippen LogP contribution in [0.25, 0.3) is 47.7 Å². The van der Waals surface area contributed by atoms with Gasteiger partial charge in [-0.05, 0) is 24.6 Å². The van der Waals surface area contributed by atoms with E-state index in [4.69, 9.17) is 9.98 Å². The number of benzene rings is 5. The molecule has 3 nitrogen and oxygen atoms in total. The Morgan fingerprint density at radius 3 is 2.00 bits per heavy atom. The van der Waals surface area contributed by atoms with Gasteiger partial charge in [-0.3, -0.25) is 4.57 Å². The number of aliphatic imine (C=N–C) groups is 2. The Hall–Kier alpha value is -4.80. The normalized spacial score (nSPS) is 12.6. The second-order valence-corrected chi connectivity index (χ2v) is 10.6.